The van der Waals surface area contributed by atoms with Crippen LogP contribution >= 0.6 is 0 Å². The topological polar surface area (TPSA) is 46.5 Å². The van der Waals surface area contributed by atoms with Crippen molar-refractivity contribution in [3.05, 3.63) is 65.0 Å². The molecule has 0 amide bonds. The lowest BCUT2D eigenvalue weighted by atomic mass is 10.1. The van der Waals surface area contributed by atoms with E-state index in [1.54, 1.807) is 30.3 Å². The van der Waals surface area contributed by atoms with E-state index in [0.717, 1.165) is 5.56 Å². The lowest BCUT2D eigenvalue weighted by Crippen LogP contribution is -2.04. The summed E-state index contributed by atoms with van der Waals surface area (Å²) in [6.07, 6.45) is 0. The summed E-state index contributed by atoms with van der Waals surface area (Å²) in [5.41, 5.74) is 1.34. The summed E-state index contributed by atoms with van der Waals surface area (Å²) in [5.74, 6) is -1.19. The van der Waals surface area contributed by atoms with Crippen LogP contribution in [0.25, 0.3) is 0 Å². The van der Waals surface area contributed by atoms with Gasteiger partial charge in [0.05, 0.1) is 0 Å². The van der Waals surface area contributed by atoms with Crippen LogP contribution in [-0.2, 0) is 6.61 Å². The van der Waals surface area contributed by atoms with E-state index in [9.17, 15) is 9.18 Å². The van der Waals surface area contributed by atoms with Crippen LogP contribution in [0.1, 0.15) is 21.5 Å². The number of halogens is 1. The Morgan fingerprint density at radius 3 is 2.68 bits per heavy atom. The highest BCUT2D eigenvalue weighted by molar-refractivity contribution is 5.90. The molecule has 0 saturated heterocycles. The van der Waals surface area contributed by atoms with Gasteiger partial charge in [-0.3, -0.25) is 0 Å². The molecule has 98 valence electrons. The number of hydrogen-bond acceptors (Lipinski definition) is 2. The Balaban J connectivity index is 2.22. The maximum absolute atomic E-state index is 13.4. The summed E-state index contributed by atoms with van der Waals surface area (Å²) in [6, 6.07) is 11.0. The molecule has 2 aromatic carbocycles. The van der Waals surface area contributed by atoms with Crippen molar-refractivity contribution in [1.82, 2.24) is 0 Å². The maximum atomic E-state index is 13.4. The molecule has 0 aromatic heterocycles. The van der Waals surface area contributed by atoms with Crippen molar-refractivity contribution >= 4 is 5.97 Å². The molecule has 0 fully saturated rings. The summed E-state index contributed by atoms with van der Waals surface area (Å²) in [7, 11) is 0. The minimum Gasteiger partial charge on any atom is -0.488 e. The van der Waals surface area contributed by atoms with E-state index in [4.69, 9.17) is 9.84 Å². The molecule has 0 atom stereocenters. The zero-order valence-corrected chi connectivity index (χ0v) is 10.4. The average Bonchev–Trinajstić information content (AvgIpc) is 2.37. The van der Waals surface area contributed by atoms with E-state index in [-0.39, 0.29) is 23.7 Å². The first-order valence-corrected chi connectivity index (χ1v) is 5.78. The van der Waals surface area contributed by atoms with Crippen LogP contribution in [0.2, 0.25) is 0 Å². The van der Waals surface area contributed by atoms with Crippen LogP contribution in [0.15, 0.2) is 42.5 Å². The number of hydrogen-bond donors (Lipinski definition) is 1. The van der Waals surface area contributed by atoms with Gasteiger partial charge in [0, 0.05) is 5.56 Å². The molecule has 0 heterocycles. The van der Waals surface area contributed by atoms with E-state index in [1.165, 1.54) is 12.1 Å². The highest BCUT2D eigenvalue weighted by atomic mass is 19.1. The molecule has 4 heteroatoms. The standard InChI is InChI=1S/C15H13FO3/c1-10-6-7-12(15(17)18)14(8-10)19-9-11-4-2-3-5-13(11)16/h2-8H,9H2,1H3,(H,17,18). The lowest BCUT2D eigenvalue weighted by molar-refractivity contribution is 0.0691. The molecule has 0 bridgehead atoms. The Morgan fingerprint density at radius 1 is 1.26 bits per heavy atom. The number of carboxylic acid groups (broad SMARTS) is 1. The van der Waals surface area contributed by atoms with Gasteiger partial charge in [-0.05, 0) is 30.7 Å². The number of carboxylic acids is 1. The molecule has 0 spiro atoms. The predicted octanol–water partition coefficient (Wildman–Crippen LogP) is 3.41. The van der Waals surface area contributed by atoms with Crippen LogP contribution in [-0.4, -0.2) is 11.1 Å². The van der Waals surface area contributed by atoms with E-state index < -0.39 is 5.97 Å². The molecule has 1 N–H and O–H groups in total. The van der Waals surface area contributed by atoms with Crippen molar-refractivity contribution in [3.8, 4) is 5.75 Å². The fourth-order valence-electron chi connectivity index (χ4n) is 1.70. The second-order valence-electron chi connectivity index (χ2n) is 4.18. The van der Waals surface area contributed by atoms with Crippen LogP contribution in [0.3, 0.4) is 0 Å². The molecule has 19 heavy (non-hydrogen) atoms. The van der Waals surface area contributed by atoms with Gasteiger partial charge in [-0.15, -0.1) is 0 Å². The monoisotopic (exact) mass is 260 g/mol. The normalized spacial score (nSPS) is 10.2. The van der Waals surface area contributed by atoms with Gasteiger partial charge < -0.3 is 9.84 Å². The van der Waals surface area contributed by atoms with Crippen LogP contribution in [0.4, 0.5) is 4.39 Å². The fraction of sp³-hybridized carbons (Fsp3) is 0.133. The number of carbonyl (C=O) groups is 1. The fourth-order valence-corrected chi connectivity index (χ4v) is 1.70. The lowest BCUT2D eigenvalue weighted by Gasteiger charge is -2.10. The van der Waals surface area contributed by atoms with Crippen molar-refractivity contribution in [2.75, 3.05) is 0 Å². The van der Waals surface area contributed by atoms with Crippen LogP contribution in [0.5, 0.6) is 5.75 Å². The molecule has 0 aliphatic carbocycles. The summed E-state index contributed by atoms with van der Waals surface area (Å²) < 4.78 is 18.9. The van der Waals surface area contributed by atoms with E-state index in [2.05, 4.69) is 0 Å². The first-order valence-electron chi connectivity index (χ1n) is 5.78. The second-order valence-corrected chi connectivity index (χ2v) is 4.18. The molecular formula is C15H13FO3. The third-order valence-corrected chi connectivity index (χ3v) is 2.71. The molecular weight excluding hydrogens is 247 g/mol. The molecule has 0 saturated carbocycles. The number of aromatic carboxylic acids is 1. The highest BCUT2D eigenvalue weighted by Crippen LogP contribution is 2.22. The number of ether oxygens (including phenoxy) is 1. The first kappa shape index (κ1) is 13.1. The largest absolute Gasteiger partial charge is 0.488 e. The molecule has 2 rings (SSSR count). The molecule has 0 radical (unpaired) electrons. The van der Waals surface area contributed by atoms with Gasteiger partial charge in [0.25, 0.3) is 0 Å². The zero-order chi connectivity index (χ0) is 13.8. The van der Waals surface area contributed by atoms with Crippen molar-refractivity contribution < 1.29 is 19.0 Å². The van der Waals surface area contributed by atoms with E-state index in [1.807, 2.05) is 6.92 Å². The summed E-state index contributed by atoms with van der Waals surface area (Å²) >= 11 is 0. The Morgan fingerprint density at radius 2 is 2.00 bits per heavy atom. The van der Waals surface area contributed by atoms with Crippen LogP contribution < -0.4 is 4.74 Å². The molecule has 2 aromatic rings. The van der Waals surface area contributed by atoms with Crippen LogP contribution in [0, 0.1) is 12.7 Å². The molecule has 0 unspecified atom stereocenters. The van der Waals surface area contributed by atoms with Gasteiger partial charge in [-0.2, -0.15) is 0 Å². The summed E-state index contributed by atoms with van der Waals surface area (Å²) in [6.45, 7) is 1.83. The van der Waals surface area contributed by atoms with E-state index >= 15 is 0 Å². The van der Waals surface area contributed by atoms with E-state index in [0.29, 0.717) is 5.56 Å². The Hall–Kier alpha value is -2.36. The van der Waals surface area contributed by atoms with Gasteiger partial charge in [0.2, 0.25) is 0 Å². The SMILES string of the molecule is Cc1ccc(C(=O)O)c(OCc2ccccc2F)c1. The van der Waals surface area contributed by atoms with Crippen molar-refractivity contribution in [1.29, 1.82) is 0 Å². The third-order valence-electron chi connectivity index (χ3n) is 2.71. The zero-order valence-electron chi connectivity index (χ0n) is 10.4. The molecule has 3 nitrogen and oxygen atoms in total. The molecule has 0 aliphatic rings. The smallest absolute Gasteiger partial charge is 0.339 e. The van der Waals surface area contributed by atoms with Gasteiger partial charge in [0.15, 0.2) is 0 Å². The van der Waals surface area contributed by atoms with Crippen molar-refractivity contribution in [2.24, 2.45) is 0 Å². The average molecular weight is 260 g/mol. The summed E-state index contributed by atoms with van der Waals surface area (Å²) in [4.78, 5) is 11.1. The Labute approximate surface area is 110 Å². The van der Waals surface area contributed by atoms with Crippen molar-refractivity contribution in [2.45, 2.75) is 13.5 Å². The maximum Gasteiger partial charge on any atom is 0.339 e. The first-order chi connectivity index (χ1) is 9.08. The number of rotatable bonds is 4. The third kappa shape index (κ3) is 3.10. The Kier molecular flexibility index (Phi) is 3.80. The second kappa shape index (κ2) is 5.52. The van der Waals surface area contributed by atoms with Gasteiger partial charge in [-0.25, -0.2) is 9.18 Å². The quantitative estimate of drug-likeness (QED) is 0.916. The highest BCUT2D eigenvalue weighted by Gasteiger charge is 2.12. The van der Waals surface area contributed by atoms with Gasteiger partial charge in [-0.1, -0.05) is 24.3 Å². The molecule has 0 aliphatic heterocycles. The Bertz CT molecular complexity index is 608. The minimum absolute atomic E-state index is 0.00356. The van der Waals surface area contributed by atoms with Crippen molar-refractivity contribution in [3.63, 3.8) is 0 Å². The minimum atomic E-state index is -1.07. The number of aryl methyl sites for hydroxylation is 1. The van der Waals surface area contributed by atoms with Gasteiger partial charge in [0.1, 0.15) is 23.7 Å². The van der Waals surface area contributed by atoms with Gasteiger partial charge >= 0.3 is 5.97 Å². The number of benzene rings is 2. The summed E-state index contributed by atoms with van der Waals surface area (Å²) in [5, 5.41) is 9.05. The predicted molar refractivity (Wildman–Crippen MR) is 68.9 cm³/mol.